The molecule has 2 N–H and O–H groups in total. The SMILES string of the molecule is CC(CO)C(=O)ONC(=O)OC(C)(C)C. The summed E-state index contributed by atoms with van der Waals surface area (Å²) in [4.78, 5) is 26.4. The Balaban J connectivity index is 3.87. The standard InChI is InChI=1S/C9H17NO5/c1-6(5-11)7(12)15-10-8(13)14-9(2,3)4/h6,11H,5H2,1-4H3,(H,10,13). The number of hydroxylamine groups is 1. The molecule has 0 saturated carbocycles. The Kier molecular flexibility index (Phi) is 5.07. The molecular formula is C9H17NO5. The van der Waals surface area contributed by atoms with Gasteiger partial charge in [-0.15, -0.1) is 5.48 Å². The van der Waals surface area contributed by atoms with Crippen LogP contribution >= 0.6 is 0 Å². The number of carbonyl (C=O) groups is 2. The molecule has 0 heterocycles. The lowest BCUT2D eigenvalue weighted by Crippen LogP contribution is -2.35. The molecule has 0 aromatic rings. The summed E-state index contributed by atoms with van der Waals surface area (Å²) in [7, 11) is 0. The molecule has 6 nitrogen and oxygen atoms in total. The van der Waals surface area contributed by atoms with Crippen molar-refractivity contribution in [2.24, 2.45) is 5.92 Å². The summed E-state index contributed by atoms with van der Waals surface area (Å²) >= 11 is 0. The van der Waals surface area contributed by atoms with E-state index in [1.54, 1.807) is 20.8 Å². The van der Waals surface area contributed by atoms with Crippen LogP contribution in [0.3, 0.4) is 0 Å². The highest BCUT2D eigenvalue weighted by Crippen LogP contribution is 2.06. The van der Waals surface area contributed by atoms with Crippen LogP contribution in [0.5, 0.6) is 0 Å². The first-order valence-electron chi connectivity index (χ1n) is 4.57. The fourth-order valence-electron chi connectivity index (χ4n) is 0.566. The van der Waals surface area contributed by atoms with Crippen LogP contribution in [0.1, 0.15) is 27.7 Å². The molecule has 0 bridgehead atoms. The summed E-state index contributed by atoms with van der Waals surface area (Å²) < 4.78 is 4.81. The van der Waals surface area contributed by atoms with Crippen LogP contribution < -0.4 is 5.48 Å². The predicted molar refractivity (Wildman–Crippen MR) is 51.7 cm³/mol. The molecule has 0 saturated heterocycles. The van der Waals surface area contributed by atoms with Crippen LogP contribution in [-0.2, 0) is 14.4 Å². The van der Waals surface area contributed by atoms with E-state index in [1.165, 1.54) is 6.92 Å². The molecular weight excluding hydrogens is 202 g/mol. The third kappa shape index (κ3) is 6.73. The second-order valence-electron chi connectivity index (χ2n) is 4.11. The fourth-order valence-corrected chi connectivity index (χ4v) is 0.566. The summed E-state index contributed by atoms with van der Waals surface area (Å²) in [6, 6.07) is 0. The topological polar surface area (TPSA) is 84.9 Å². The van der Waals surface area contributed by atoms with Gasteiger partial charge in [0.05, 0.1) is 12.5 Å². The lowest BCUT2D eigenvalue weighted by Gasteiger charge is -2.19. The van der Waals surface area contributed by atoms with Gasteiger partial charge in [-0.3, -0.25) is 0 Å². The largest absolute Gasteiger partial charge is 0.442 e. The average molecular weight is 219 g/mol. The van der Waals surface area contributed by atoms with Crippen LogP contribution in [0.4, 0.5) is 4.79 Å². The molecule has 0 radical (unpaired) electrons. The number of aliphatic hydroxyl groups excluding tert-OH is 1. The number of amides is 1. The molecule has 1 unspecified atom stereocenters. The zero-order valence-corrected chi connectivity index (χ0v) is 9.36. The van der Waals surface area contributed by atoms with Crippen molar-refractivity contribution in [2.75, 3.05) is 6.61 Å². The Morgan fingerprint density at radius 1 is 1.40 bits per heavy atom. The first-order valence-corrected chi connectivity index (χ1v) is 4.57. The Hall–Kier alpha value is -1.30. The maximum Gasteiger partial charge on any atom is 0.441 e. The third-order valence-corrected chi connectivity index (χ3v) is 1.31. The predicted octanol–water partition coefficient (Wildman–Crippen LogP) is 0.598. The van der Waals surface area contributed by atoms with Gasteiger partial charge >= 0.3 is 12.1 Å². The minimum Gasteiger partial charge on any atom is -0.442 e. The average Bonchev–Trinajstić information content (AvgIpc) is 2.10. The number of carbonyl (C=O) groups excluding carboxylic acids is 2. The Morgan fingerprint density at radius 2 is 1.93 bits per heavy atom. The van der Waals surface area contributed by atoms with Gasteiger partial charge < -0.3 is 14.7 Å². The number of rotatable bonds is 2. The van der Waals surface area contributed by atoms with E-state index in [-0.39, 0.29) is 6.61 Å². The van der Waals surface area contributed by atoms with E-state index >= 15 is 0 Å². The molecule has 0 aliphatic rings. The summed E-state index contributed by atoms with van der Waals surface area (Å²) in [5.74, 6) is -1.40. The van der Waals surface area contributed by atoms with Gasteiger partial charge in [-0.2, -0.15) is 0 Å². The molecule has 1 amide bonds. The molecule has 15 heavy (non-hydrogen) atoms. The normalized spacial score (nSPS) is 12.9. The molecule has 0 rings (SSSR count). The molecule has 1 atom stereocenters. The van der Waals surface area contributed by atoms with E-state index in [4.69, 9.17) is 9.84 Å². The van der Waals surface area contributed by atoms with Crippen LogP contribution in [0.2, 0.25) is 0 Å². The van der Waals surface area contributed by atoms with Crippen LogP contribution in [0.15, 0.2) is 0 Å². The van der Waals surface area contributed by atoms with Crippen molar-refractivity contribution in [1.82, 2.24) is 5.48 Å². The monoisotopic (exact) mass is 219 g/mol. The smallest absolute Gasteiger partial charge is 0.441 e. The van der Waals surface area contributed by atoms with E-state index in [0.717, 1.165) is 0 Å². The van der Waals surface area contributed by atoms with E-state index in [9.17, 15) is 9.59 Å². The van der Waals surface area contributed by atoms with Gasteiger partial charge in [0, 0.05) is 0 Å². The lowest BCUT2D eigenvalue weighted by molar-refractivity contribution is -0.156. The van der Waals surface area contributed by atoms with Crippen LogP contribution in [0.25, 0.3) is 0 Å². The van der Waals surface area contributed by atoms with Crippen LogP contribution in [0, 0.1) is 5.92 Å². The first-order chi connectivity index (χ1) is 6.76. The first kappa shape index (κ1) is 13.7. The van der Waals surface area contributed by atoms with Gasteiger partial charge in [0.2, 0.25) is 0 Å². The second kappa shape index (κ2) is 5.55. The molecule has 0 aromatic carbocycles. The maximum absolute atomic E-state index is 11.0. The van der Waals surface area contributed by atoms with Crippen molar-refractivity contribution in [3.63, 3.8) is 0 Å². The van der Waals surface area contributed by atoms with E-state index in [1.807, 2.05) is 5.48 Å². The van der Waals surface area contributed by atoms with Crippen LogP contribution in [-0.4, -0.2) is 29.4 Å². The summed E-state index contributed by atoms with van der Waals surface area (Å²) in [6.45, 7) is 6.19. The quantitative estimate of drug-likeness (QED) is 0.664. The van der Waals surface area contributed by atoms with Gasteiger partial charge in [0.15, 0.2) is 0 Å². The van der Waals surface area contributed by atoms with E-state index in [2.05, 4.69) is 4.84 Å². The highest BCUT2D eigenvalue weighted by molar-refractivity contribution is 5.74. The Morgan fingerprint density at radius 3 is 2.33 bits per heavy atom. The summed E-state index contributed by atoms with van der Waals surface area (Å²) in [5.41, 5.74) is 1.18. The number of aliphatic hydroxyl groups is 1. The van der Waals surface area contributed by atoms with Gasteiger partial charge in [-0.25, -0.2) is 9.59 Å². The second-order valence-corrected chi connectivity index (χ2v) is 4.11. The minimum atomic E-state index is -0.846. The maximum atomic E-state index is 11.0. The highest BCUT2D eigenvalue weighted by Gasteiger charge is 2.19. The molecule has 0 fully saturated rings. The number of nitrogens with one attached hydrogen (secondary N) is 1. The van der Waals surface area contributed by atoms with Gasteiger partial charge in [-0.05, 0) is 27.7 Å². The molecule has 0 aromatic heterocycles. The lowest BCUT2D eigenvalue weighted by atomic mass is 10.2. The summed E-state index contributed by atoms with van der Waals surface area (Å²) in [5, 5.41) is 8.61. The zero-order chi connectivity index (χ0) is 12.1. The van der Waals surface area contributed by atoms with Crippen molar-refractivity contribution < 1.29 is 24.3 Å². The van der Waals surface area contributed by atoms with Crippen molar-refractivity contribution in [1.29, 1.82) is 0 Å². The number of hydrogen-bond acceptors (Lipinski definition) is 5. The van der Waals surface area contributed by atoms with Gasteiger partial charge in [0.25, 0.3) is 0 Å². The minimum absolute atomic E-state index is 0.338. The molecule has 0 aliphatic heterocycles. The van der Waals surface area contributed by atoms with E-state index < -0.39 is 23.6 Å². The number of ether oxygens (including phenoxy) is 1. The highest BCUT2D eigenvalue weighted by atomic mass is 16.7. The summed E-state index contributed by atoms with van der Waals surface area (Å²) in [6.07, 6.45) is -0.846. The molecule has 88 valence electrons. The number of hydrogen-bond donors (Lipinski definition) is 2. The zero-order valence-electron chi connectivity index (χ0n) is 9.36. The Bertz CT molecular complexity index is 233. The van der Waals surface area contributed by atoms with Gasteiger partial charge in [-0.1, -0.05) is 0 Å². The van der Waals surface area contributed by atoms with Gasteiger partial charge in [0.1, 0.15) is 5.60 Å². The van der Waals surface area contributed by atoms with Crippen molar-refractivity contribution in [3.8, 4) is 0 Å². The van der Waals surface area contributed by atoms with Crippen molar-refractivity contribution >= 4 is 12.1 Å². The van der Waals surface area contributed by atoms with Crippen molar-refractivity contribution in [2.45, 2.75) is 33.3 Å². The Labute approximate surface area is 88.5 Å². The van der Waals surface area contributed by atoms with E-state index in [0.29, 0.717) is 0 Å². The fraction of sp³-hybridized carbons (Fsp3) is 0.778. The third-order valence-electron chi connectivity index (χ3n) is 1.31. The molecule has 0 aliphatic carbocycles. The molecule has 0 spiro atoms. The molecule has 6 heteroatoms. The van der Waals surface area contributed by atoms with Crippen molar-refractivity contribution in [3.05, 3.63) is 0 Å².